The van der Waals surface area contributed by atoms with E-state index in [-0.39, 0.29) is 24.1 Å². The first-order valence-corrected chi connectivity index (χ1v) is 5.87. The third-order valence-corrected chi connectivity index (χ3v) is 3.48. The van der Waals surface area contributed by atoms with Crippen molar-refractivity contribution in [2.75, 3.05) is 26.3 Å². The number of hydrogen-bond acceptors (Lipinski definition) is 4. The Bertz CT molecular complexity index is 374. The van der Waals surface area contributed by atoms with E-state index in [9.17, 15) is 9.59 Å². The van der Waals surface area contributed by atoms with Crippen LogP contribution in [0.25, 0.3) is 0 Å². The highest BCUT2D eigenvalue weighted by Gasteiger charge is 2.53. The molecule has 0 unspecified atom stereocenters. The van der Waals surface area contributed by atoms with E-state index in [1.807, 2.05) is 0 Å². The number of epoxide rings is 2. The minimum atomic E-state index is -0.766. The van der Waals surface area contributed by atoms with Gasteiger partial charge >= 0.3 is 6.03 Å². The molecule has 0 saturated carbocycles. The van der Waals surface area contributed by atoms with E-state index in [2.05, 4.69) is 0 Å². The van der Waals surface area contributed by atoms with Gasteiger partial charge in [0.2, 0.25) is 0 Å². The third kappa shape index (κ3) is 1.81. The van der Waals surface area contributed by atoms with Crippen LogP contribution in [0.2, 0.25) is 0 Å². The monoisotopic (exact) mass is 240 g/mol. The fourth-order valence-corrected chi connectivity index (χ4v) is 2.14. The average molecular weight is 240 g/mol. The minimum absolute atomic E-state index is 0.0378. The van der Waals surface area contributed by atoms with Crippen molar-refractivity contribution in [1.29, 1.82) is 0 Å². The molecule has 94 valence electrons. The lowest BCUT2D eigenvalue weighted by Crippen LogP contribution is -2.45. The molecule has 3 aliphatic heterocycles. The Labute approximate surface area is 99.4 Å². The summed E-state index contributed by atoms with van der Waals surface area (Å²) in [6.07, 6.45) is 0.138. The summed E-state index contributed by atoms with van der Waals surface area (Å²) in [6, 6.07) is -0.217. The second kappa shape index (κ2) is 3.43. The second-order valence-electron chi connectivity index (χ2n) is 5.28. The summed E-state index contributed by atoms with van der Waals surface area (Å²) in [4.78, 5) is 27.3. The van der Waals surface area contributed by atoms with Gasteiger partial charge in [-0.25, -0.2) is 4.79 Å². The first-order valence-electron chi connectivity index (χ1n) is 5.87. The maximum absolute atomic E-state index is 12.2. The lowest BCUT2D eigenvalue weighted by Gasteiger charge is -2.26. The zero-order chi connectivity index (χ0) is 12.2. The standard InChI is InChI=1S/C11H16N2O4/c1-11(2)9(14)12(3-7-5-16-7)10(15)13(11)4-8-6-17-8/h7-8H,3-6H2,1-2H3/t7-,8-/m1/s1. The van der Waals surface area contributed by atoms with Gasteiger partial charge in [-0.15, -0.1) is 0 Å². The Hall–Kier alpha value is -1.14. The second-order valence-corrected chi connectivity index (χ2v) is 5.28. The minimum Gasteiger partial charge on any atom is -0.371 e. The van der Waals surface area contributed by atoms with Gasteiger partial charge in [0.25, 0.3) is 5.91 Å². The fraction of sp³-hybridized carbons (Fsp3) is 0.818. The molecule has 0 N–H and O–H groups in total. The van der Waals surface area contributed by atoms with Crippen LogP contribution < -0.4 is 0 Å². The summed E-state index contributed by atoms with van der Waals surface area (Å²) < 4.78 is 10.2. The molecular formula is C11H16N2O4. The predicted molar refractivity (Wildman–Crippen MR) is 57.4 cm³/mol. The number of urea groups is 1. The van der Waals surface area contributed by atoms with Crippen molar-refractivity contribution in [2.45, 2.75) is 31.6 Å². The van der Waals surface area contributed by atoms with Gasteiger partial charge in [0.1, 0.15) is 5.54 Å². The van der Waals surface area contributed by atoms with Gasteiger partial charge in [-0.05, 0) is 13.8 Å². The van der Waals surface area contributed by atoms with Crippen molar-refractivity contribution in [2.24, 2.45) is 0 Å². The SMILES string of the molecule is CC1(C)C(=O)N(C[C@@H]2CO2)C(=O)N1C[C@@H]1CO1. The molecule has 6 heteroatoms. The normalized spacial score (nSPS) is 34.5. The van der Waals surface area contributed by atoms with Crippen LogP contribution in [-0.4, -0.2) is 65.8 Å². The van der Waals surface area contributed by atoms with Crippen molar-refractivity contribution in [3.8, 4) is 0 Å². The maximum Gasteiger partial charge on any atom is 0.327 e. The van der Waals surface area contributed by atoms with Gasteiger partial charge in [0, 0.05) is 0 Å². The Kier molecular flexibility index (Phi) is 2.21. The average Bonchev–Trinajstić information content (AvgIpc) is 3.12. The molecule has 3 fully saturated rings. The third-order valence-electron chi connectivity index (χ3n) is 3.48. The van der Waals surface area contributed by atoms with Crippen LogP contribution in [0.1, 0.15) is 13.8 Å². The number of nitrogens with zero attached hydrogens (tertiary/aromatic N) is 2. The molecule has 0 aromatic heterocycles. The Balaban J connectivity index is 1.77. The summed E-state index contributed by atoms with van der Waals surface area (Å²) in [5.41, 5.74) is -0.766. The predicted octanol–water partition coefficient (Wildman–Crippen LogP) is -0.173. The molecule has 3 aliphatic rings. The molecule has 0 aromatic carbocycles. The molecule has 3 rings (SSSR count). The van der Waals surface area contributed by atoms with Crippen molar-refractivity contribution >= 4 is 11.9 Å². The zero-order valence-corrected chi connectivity index (χ0v) is 10.0. The van der Waals surface area contributed by atoms with E-state index in [0.29, 0.717) is 26.3 Å². The number of imide groups is 1. The van der Waals surface area contributed by atoms with Crippen LogP contribution in [0.5, 0.6) is 0 Å². The van der Waals surface area contributed by atoms with Crippen LogP contribution in [0.15, 0.2) is 0 Å². The first-order chi connectivity index (χ1) is 8.00. The van der Waals surface area contributed by atoms with Crippen LogP contribution in [0, 0.1) is 0 Å². The van der Waals surface area contributed by atoms with Crippen molar-refractivity contribution in [1.82, 2.24) is 9.80 Å². The highest BCUT2D eigenvalue weighted by molar-refractivity contribution is 6.06. The van der Waals surface area contributed by atoms with Gasteiger partial charge in [-0.3, -0.25) is 9.69 Å². The number of carbonyl (C=O) groups is 2. The van der Waals surface area contributed by atoms with E-state index in [4.69, 9.17) is 9.47 Å². The van der Waals surface area contributed by atoms with Gasteiger partial charge < -0.3 is 14.4 Å². The molecular weight excluding hydrogens is 224 g/mol. The molecule has 3 amide bonds. The molecule has 3 saturated heterocycles. The highest BCUT2D eigenvalue weighted by atomic mass is 16.6. The van der Waals surface area contributed by atoms with Gasteiger partial charge in [0.15, 0.2) is 0 Å². The summed E-state index contributed by atoms with van der Waals surface area (Å²) in [6.45, 7) is 5.76. The lowest BCUT2D eigenvalue weighted by molar-refractivity contribution is -0.132. The number of hydrogen-bond donors (Lipinski definition) is 0. The molecule has 0 aliphatic carbocycles. The van der Waals surface area contributed by atoms with Gasteiger partial charge in [-0.2, -0.15) is 0 Å². The summed E-state index contributed by atoms with van der Waals surface area (Å²) in [7, 11) is 0. The Morgan fingerprint density at radius 1 is 1.18 bits per heavy atom. The number of ether oxygens (including phenoxy) is 2. The van der Waals surface area contributed by atoms with E-state index < -0.39 is 5.54 Å². The van der Waals surface area contributed by atoms with Gasteiger partial charge in [-0.1, -0.05) is 0 Å². The van der Waals surface area contributed by atoms with E-state index in [1.165, 1.54) is 4.90 Å². The summed E-state index contributed by atoms with van der Waals surface area (Å²) >= 11 is 0. The van der Waals surface area contributed by atoms with Crippen LogP contribution in [-0.2, 0) is 14.3 Å². The van der Waals surface area contributed by atoms with Crippen LogP contribution in [0.4, 0.5) is 4.79 Å². The first kappa shape index (κ1) is 11.0. The smallest absolute Gasteiger partial charge is 0.327 e. The number of carbonyl (C=O) groups excluding carboxylic acids is 2. The number of rotatable bonds is 4. The molecule has 0 aromatic rings. The molecule has 17 heavy (non-hydrogen) atoms. The van der Waals surface area contributed by atoms with Gasteiger partial charge in [0.05, 0.1) is 38.5 Å². The lowest BCUT2D eigenvalue weighted by atomic mass is 10.0. The zero-order valence-electron chi connectivity index (χ0n) is 10.0. The molecule has 0 bridgehead atoms. The molecule has 6 nitrogen and oxygen atoms in total. The Morgan fingerprint density at radius 3 is 2.24 bits per heavy atom. The number of amides is 3. The van der Waals surface area contributed by atoms with Crippen molar-refractivity contribution < 1.29 is 19.1 Å². The largest absolute Gasteiger partial charge is 0.371 e. The quantitative estimate of drug-likeness (QED) is 0.505. The van der Waals surface area contributed by atoms with E-state index in [0.717, 1.165) is 0 Å². The molecule has 0 spiro atoms. The van der Waals surface area contributed by atoms with Crippen LogP contribution >= 0.6 is 0 Å². The topological polar surface area (TPSA) is 65.7 Å². The summed E-state index contributed by atoms with van der Waals surface area (Å²) in [5.74, 6) is -0.140. The van der Waals surface area contributed by atoms with E-state index >= 15 is 0 Å². The molecule has 2 atom stereocenters. The van der Waals surface area contributed by atoms with Crippen molar-refractivity contribution in [3.63, 3.8) is 0 Å². The van der Waals surface area contributed by atoms with E-state index in [1.54, 1.807) is 18.7 Å². The maximum atomic E-state index is 12.2. The Morgan fingerprint density at radius 2 is 1.71 bits per heavy atom. The summed E-state index contributed by atoms with van der Waals surface area (Å²) in [5, 5.41) is 0. The molecule has 0 radical (unpaired) electrons. The fourth-order valence-electron chi connectivity index (χ4n) is 2.14. The van der Waals surface area contributed by atoms with Crippen molar-refractivity contribution in [3.05, 3.63) is 0 Å². The van der Waals surface area contributed by atoms with Crippen LogP contribution in [0.3, 0.4) is 0 Å². The molecule has 3 heterocycles. The highest BCUT2D eigenvalue weighted by Crippen LogP contribution is 2.30.